The monoisotopic (exact) mass is 309 g/mol. The maximum absolute atomic E-state index is 10.8. The molecule has 4 heteroatoms. The lowest BCUT2D eigenvalue weighted by molar-refractivity contribution is 0.376. The quantitative estimate of drug-likeness (QED) is 0.733. The maximum Gasteiger partial charge on any atom is 0.166 e. The molecule has 0 aromatic heterocycles. The van der Waals surface area contributed by atoms with Crippen LogP contribution in [0.15, 0.2) is 30.3 Å². The Bertz CT molecular complexity index is 933. The first-order valence-corrected chi connectivity index (χ1v) is 7.69. The van der Waals surface area contributed by atoms with Crippen LogP contribution in [0.1, 0.15) is 5.56 Å². The number of rotatable bonds is 2. The van der Waals surface area contributed by atoms with Crippen molar-refractivity contribution in [1.29, 1.82) is 0 Å². The smallest absolute Gasteiger partial charge is 0.166 e. The van der Waals surface area contributed by atoms with Crippen LogP contribution in [0.25, 0.3) is 21.5 Å². The summed E-state index contributed by atoms with van der Waals surface area (Å²) in [4.78, 5) is 2.24. The molecule has 0 fully saturated rings. The minimum Gasteiger partial charge on any atom is -0.504 e. The molecule has 0 atom stereocenters. The lowest BCUT2D eigenvalue weighted by atomic mass is 9.91. The molecule has 118 valence electrons. The number of ether oxygens (including phenoxy) is 2. The molecule has 3 aromatic carbocycles. The molecule has 0 radical (unpaired) electrons. The third-order valence-electron chi connectivity index (χ3n) is 4.77. The molecule has 4 nitrogen and oxygen atoms in total. The van der Waals surface area contributed by atoms with Gasteiger partial charge in [-0.2, -0.15) is 0 Å². The van der Waals surface area contributed by atoms with Gasteiger partial charge in [-0.25, -0.2) is 0 Å². The van der Waals surface area contributed by atoms with Gasteiger partial charge in [0.05, 0.1) is 14.2 Å². The Morgan fingerprint density at radius 2 is 1.78 bits per heavy atom. The minimum atomic E-state index is 0.179. The molecule has 0 saturated heterocycles. The molecule has 4 rings (SSSR count). The molecule has 0 spiro atoms. The van der Waals surface area contributed by atoms with E-state index in [1.807, 2.05) is 18.2 Å². The Labute approximate surface area is 134 Å². The van der Waals surface area contributed by atoms with Gasteiger partial charge in [-0.3, -0.25) is 0 Å². The molecule has 0 bridgehead atoms. The van der Waals surface area contributed by atoms with Gasteiger partial charge in [-0.1, -0.05) is 12.1 Å². The van der Waals surface area contributed by atoms with Gasteiger partial charge < -0.3 is 19.5 Å². The number of benzene rings is 3. The molecule has 23 heavy (non-hydrogen) atoms. The van der Waals surface area contributed by atoms with Gasteiger partial charge >= 0.3 is 0 Å². The second kappa shape index (κ2) is 4.95. The molecule has 0 saturated carbocycles. The molecule has 1 aliphatic rings. The normalized spacial score (nSPS) is 13.6. The van der Waals surface area contributed by atoms with Gasteiger partial charge in [-0.15, -0.1) is 0 Å². The number of hydrogen-bond acceptors (Lipinski definition) is 4. The van der Waals surface area contributed by atoms with Crippen LogP contribution in [0.2, 0.25) is 0 Å². The summed E-state index contributed by atoms with van der Waals surface area (Å²) >= 11 is 0. The lowest BCUT2D eigenvalue weighted by Crippen LogP contribution is -2.24. The molecule has 0 unspecified atom stereocenters. The van der Waals surface area contributed by atoms with E-state index in [2.05, 4.69) is 24.1 Å². The van der Waals surface area contributed by atoms with E-state index in [1.54, 1.807) is 14.2 Å². The van der Waals surface area contributed by atoms with E-state index in [0.717, 1.165) is 45.9 Å². The number of fused-ring (bicyclic) bond motifs is 2. The Hall–Kier alpha value is -2.62. The van der Waals surface area contributed by atoms with E-state index >= 15 is 0 Å². The molecule has 3 aromatic rings. The molecule has 0 aliphatic carbocycles. The van der Waals surface area contributed by atoms with Crippen molar-refractivity contribution >= 4 is 27.2 Å². The first kappa shape index (κ1) is 14.0. The zero-order valence-corrected chi connectivity index (χ0v) is 13.5. The van der Waals surface area contributed by atoms with Crippen LogP contribution in [0.5, 0.6) is 17.2 Å². The van der Waals surface area contributed by atoms with Crippen LogP contribution < -0.4 is 14.4 Å². The first-order valence-electron chi connectivity index (χ1n) is 7.69. The van der Waals surface area contributed by atoms with Gasteiger partial charge in [-0.05, 0) is 35.6 Å². The van der Waals surface area contributed by atoms with Crippen LogP contribution in [0.4, 0.5) is 5.69 Å². The summed E-state index contributed by atoms with van der Waals surface area (Å²) in [6.07, 6.45) is 0.928. The van der Waals surface area contributed by atoms with E-state index in [-0.39, 0.29) is 5.75 Å². The topological polar surface area (TPSA) is 41.9 Å². The fourth-order valence-electron chi connectivity index (χ4n) is 3.62. The van der Waals surface area contributed by atoms with E-state index in [4.69, 9.17) is 9.47 Å². The zero-order chi connectivity index (χ0) is 16.1. The van der Waals surface area contributed by atoms with Gasteiger partial charge in [0.1, 0.15) is 5.75 Å². The Morgan fingerprint density at radius 3 is 2.52 bits per heavy atom. The van der Waals surface area contributed by atoms with Crippen molar-refractivity contribution in [3.8, 4) is 17.2 Å². The summed E-state index contributed by atoms with van der Waals surface area (Å²) in [5.41, 5.74) is 2.34. The zero-order valence-electron chi connectivity index (χ0n) is 13.5. The summed E-state index contributed by atoms with van der Waals surface area (Å²) < 4.78 is 11.0. The average Bonchev–Trinajstić information content (AvgIpc) is 2.58. The summed E-state index contributed by atoms with van der Waals surface area (Å²) in [7, 11) is 5.33. The first-order chi connectivity index (χ1) is 11.2. The molecule has 0 amide bonds. The number of hydrogen-bond donors (Lipinski definition) is 1. The Morgan fingerprint density at radius 1 is 1.00 bits per heavy atom. The van der Waals surface area contributed by atoms with Crippen LogP contribution in [-0.2, 0) is 6.42 Å². The summed E-state index contributed by atoms with van der Waals surface area (Å²) in [6.45, 7) is 0.950. The van der Waals surface area contributed by atoms with E-state index in [0.29, 0.717) is 5.75 Å². The van der Waals surface area contributed by atoms with Crippen LogP contribution in [0.3, 0.4) is 0 Å². The van der Waals surface area contributed by atoms with Gasteiger partial charge in [0.15, 0.2) is 11.5 Å². The molecule has 1 N–H and O–H groups in total. The summed E-state index contributed by atoms with van der Waals surface area (Å²) in [5, 5.41) is 14.7. The number of aromatic hydroxyl groups is 1. The van der Waals surface area contributed by atoms with Crippen LogP contribution >= 0.6 is 0 Å². The summed E-state index contributed by atoms with van der Waals surface area (Å²) in [5.74, 6) is 1.45. The number of phenolic OH excluding ortho intramolecular Hbond substituents is 1. The van der Waals surface area contributed by atoms with Gasteiger partial charge in [0, 0.05) is 35.4 Å². The largest absolute Gasteiger partial charge is 0.504 e. The van der Waals surface area contributed by atoms with Crippen molar-refractivity contribution in [2.75, 3.05) is 32.7 Å². The van der Waals surface area contributed by atoms with Gasteiger partial charge in [0.2, 0.25) is 0 Å². The number of likely N-dealkylation sites (N-methyl/N-ethyl adjacent to an activating group) is 1. The SMILES string of the molecule is COc1cc2c3c(cc4cccc(OC)c4c3c1O)N(C)CC2. The van der Waals surface area contributed by atoms with Crippen LogP contribution in [-0.4, -0.2) is 32.9 Å². The fraction of sp³-hybridized carbons (Fsp3) is 0.263. The number of phenols is 1. The molecule has 1 aliphatic heterocycles. The highest BCUT2D eigenvalue weighted by Crippen LogP contribution is 2.48. The highest BCUT2D eigenvalue weighted by Gasteiger charge is 2.24. The average molecular weight is 309 g/mol. The predicted molar refractivity (Wildman–Crippen MR) is 93.2 cm³/mol. The van der Waals surface area contributed by atoms with Crippen molar-refractivity contribution in [2.45, 2.75) is 6.42 Å². The number of anilines is 1. The van der Waals surface area contributed by atoms with Crippen molar-refractivity contribution in [1.82, 2.24) is 0 Å². The third kappa shape index (κ3) is 1.84. The Kier molecular flexibility index (Phi) is 3.01. The van der Waals surface area contributed by atoms with Crippen LogP contribution in [0, 0.1) is 0 Å². The Balaban J connectivity index is 2.31. The fourth-order valence-corrected chi connectivity index (χ4v) is 3.62. The van der Waals surface area contributed by atoms with E-state index in [1.165, 1.54) is 5.56 Å². The van der Waals surface area contributed by atoms with E-state index < -0.39 is 0 Å². The van der Waals surface area contributed by atoms with Crippen molar-refractivity contribution < 1.29 is 14.6 Å². The second-order valence-electron chi connectivity index (χ2n) is 5.96. The molecular formula is C19H19NO3. The highest BCUT2D eigenvalue weighted by atomic mass is 16.5. The van der Waals surface area contributed by atoms with E-state index in [9.17, 15) is 5.11 Å². The predicted octanol–water partition coefficient (Wildman–Crippen LogP) is 3.71. The maximum atomic E-state index is 10.8. The lowest BCUT2D eigenvalue weighted by Gasteiger charge is -2.29. The van der Waals surface area contributed by atoms with Crippen molar-refractivity contribution in [3.05, 3.63) is 35.9 Å². The van der Waals surface area contributed by atoms with Gasteiger partial charge in [0.25, 0.3) is 0 Å². The minimum absolute atomic E-state index is 0.179. The molecular weight excluding hydrogens is 290 g/mol. The highest BCUT2D eigenvalue weighted by molar-refractivity contribution is 6.20. The number of methoxy groups -OCH3 is 2. The standard InChI is InChI=1S/C19H19NO3/c1-20-8-7-12-10-15(23-3)19(21)18-16(12)13(20)9-11-5-4-6-14(22-2)17(11)18/h4-6,9-10,21H,7-8H2,1-3H3. The van der Waals surface area contributed by atoms with Crippen molar-refractivity contribution in [2.24, 2.45) is 0 Å². The number of nitrogens with zero attached hydrogens (tertiary/aromatic N) is 1. The molecule has 1 heterocycles. The third-order valence-corrected chi connectivity index (χ3v) is 4.77. The van der Waals surface area contributed by atoms with Crippen molar-refractivity contribution in [3.63, 3.8) is 0 Å². The summed E-state index contributed by atoms with van der Waals surface area (Å²) in [6, 6.07) is 10.1. The second-order valence-corrected chi connectivity index (χ2v) is 5.96.